The zero-order chi connectivity index (χ0) is 14.1. The minimum absolute atomic E-state index is 0.151. The molecule has 0 spiro atoms. The van der Waals surface area contributed by atoms with Gasteiger partial charge in [0.1, 0.15) is 0 Å². The van der Waals surface area contributed by atoms with Gasteiger partial charge in [-0.2, -0.15) is 0 Å². The molecule has 1 aliphatic heterocycles. The first-order chi connectivity index (χ1) is 9.09. The SMILES string of the molecule is CCCNC(C)(CO)CC(C)OCC1CCOCC1. The van der Waals surface area contributed by atoms with Gasteiger partial charge in [-0.05, 0) is 52.0 Å². The van der Waals surface area contributed by atoms with E-state index in [0.29, 0.717) is 5.92 Å². The molecule has 1 aliphatic rings. The fraction of sp³-hybridized carbons (Fsp3) is 1.00. The van der Waals surface area contributed by atoms with Crippen LogP contribution >= 0.6 is 0 Å². The first-order valence-electron chi connectivity index (χ1n) is 7.65. The molecule has 1 heterocycles. The average Bonchev–Trinajstić information content (AvgIpc) is 2.44. The fourth-order valence-electron chi connectivity index (χ4n) is 2.53. The van der Waals surface area contributed by atoms with Gasteiger partial charge < -0.3 is 19.9 Å². The van der Waals surface area contributed by atoms with Crippen LogP contribution in [-0.4, -0.2) is 49.7 Å². The molecule has 4 heteroatoms. The number of ether oxygens (including phenoxy) is 2. The van der Waals surface area contributed by atoms with E-state index < -0.39 is 0 Å². The summed E-state index contributed by atoms with van der Waals surface area (Å²) in [4.78, 5) is 0. The van der Waals surface area contributed by atoms with E-state index in [1.807, 2.05) is 0 Å². The summed E-state index contributed by atoms with van der Waals surface area (Å²) in [6.07, 6.45) is 4.31. The van der Waals surface area contributed by atoms with Crippen molar-refractivity contribution in [1.29, 1.82) is 0 Å². The summed E-state index contributed by atoms with van der Waals surface area (Å²) >= 11 is 0. The Morgan fingerprint density at radius 3 is 2.68 bits per heavy atom. The third-order valence-electron chi connectivity index (χ3n) is 3.85. The van der Waals surface area contributed by atoms with Crippen molar-refractivity contribution in [3.05, 3.63) is 0 Å². The van der Waals surface area contributed by atoms with Crippen LogP contribution in [0.2, 0.25) is 0 Å². The van der Waals surface area contributed by atoms with Crippen molar-refractivity contribution in [2.24, 2.45) is 5.92 Å². The minimum Gasteiger partial charge on any atom is -0.394 e. The molecular formula is C15H31NO3. The van der Waals surface area contributed by atoms with Crippen LogP contribution in [0.1, 0.15) is 46.5 Å². The second-order valence-electron chi connectivity index (χ2n) is 6.05. The quantitative estimate of drug-likeness (QED) is 0.674. The van der Waals surface area contributed by atoms with E-state index in [-0.39, 0.29) is 18.2 Å². The molecule has 0 aromatic carbocycles. The van der Waals surface area contributed by atoms with Gasteiger partial charge in [-0.15, -0.1) is 0 Å². The number of nitrogens with one attached hydrogen (secondary N) is 1. The summed E-state index contributed by atoms with van der Waals surface area (Å²) in [7, 11) is 0. The molecule has 1 fully saturated rings. The Hall–Kier alpha value is -0.160. The highest BCUT2D eigenvalue weighted by Crippen LogP contribution is 2.18. The molecule has 0 aliphatic carbocycles. The summed E-state index contributed by atoms with van der Waals surface area (Å²) in [6.45, 7) is 9.94. The molecule has 2 atom stereocenters. The lowest BCUT2D eigenvalue weighted by atomic mass is 9.95. The normalized spacial score (nSPS) is 22.1. The molecule has 19 heavy (non-hydrogen) atoms. The highest BCUT2D eigenvalue weighted by atomic mass is 16.5. The molecule has 0 bridgehead atoms. The lowest BCUT2D eigenvalue weighted by Gasteiger charge is -2.32. The lowest BCUT2D eigenvalue weighted by molar-refractivity contribution is -0.0194. The van der Waals surface area contributed by atoms with Gasteiger partial charge >= 0.3 is 0 Å². The molecule has 0 aromatic rings. The second-order valence-corrected chi connectivity index (χ2v) is 6.05. The van der Waals surface area contributed by atoms with Crippen LogP contribution in [0, 0.1) is 5.92 Å². The third-order valence-corrected chi connectivity index (χ3v) is 3.85. The fourth-order valence-corrected chi connectivity index (χ4v) is 2.53. The van der Waals surface area contributed by atoms with Crippen LogP contribution in [-0.2, 0) is 9.47 Å². The molecular weight excluding hydrogens is 242 g/mol. The van der Waals surface area contributed by atoms with Crippen molar-refractivity contribution >= 4 is 0 Å². The maximum Gasteiger partial charge on any atom is 0.0611 e. The number of hydrogen-bond donors (Lipinski definition) is 2. The van der Waals surface area contributed by atoms with Crippen LogP contribution in [0.15, 0.2) is 0 Å². The highest BCUT2D eigenvalue weighted by molar-refractivity contribution is 4.84. The van der Waals surface area contributed by atoms with Gasteiger partial charge in [-0.25, -0.2) is 0 Å². The summed E-state index contributed by atoms with van der Waals surface area (Å²) in [5.74, 6) is 0.639. The number of aliphatic hydroxyl groups excluding tert-OH is 1. The Balaban J connectivity index is 2.25. The maximum absolute atomic E-state index is 9.54. The number of rotatable bonds is 9. The molecule has 0 saturated carbocycles. The molecule has 2 unspecified atom stereocenters. The monoisotopic (exact) mass is 273 g/mol. The highest BCUT2D eigenvalue weighted by Gasteiger charge is 2.26. The van der Waals surface area contributed by atoms with Crippen molar-refractivity contribution in [2.75, 3.05) is 33.0 Å². The molecule has 1 rings (SSSR count). The zero-order valence-corrected chi connectivity index (χ0v) is 12.8. The maximum atomic E-state index is 9.54. The van der Waals surface area contributed by atoms with Crippen LogP contribution < -0.4 is 5.32 Å². The lowest BCUT2D eigenvalue weighted by Crippen LogP contribution is -2.48. The molecule has 0 aromatic heterocycles. The van der Waals surface area contributed by atoms with Gasteiger partial charge in [0.05, 0.1) is 12.7 Å². The second kappa shape index (κ2) is 8.90. The smallest absolute Gasteiger partial charge is 0.0611 e. The van der Waals surface area contributed by atoms with E-state index in [9.17, 15) is 5.11 Å². The minimum atomic E-state index is -0.231. The Morgan fingerprint density at radius 1 is 1.42 bits per heavy atom. The Bertz CT molecular complexity index is 231. The summed E-state index contributed by atoms with van der Waals surface area (Å²) in [5.41, 5.74) is -0.231. The predicted molar refractivity (Wildman–Crippen MR) is 77.4 cm³/mol. The van der Waals surface area contributed by atoms with Crippen LogP contribution in [0.3, 0.4) is 0 Å². The molecule has 0 radical (unpaired) electrons. The molecule has 0 amide bonds. The summed E-state index contributed by atoms with van der Waals surface area (Å²) in [6, 6.07) is 0. The third kappa shape index (κ3) is 6.70. The molecule has 2 N–H and O–H groups in total. The van der Waals surface area contributed by atoms with Gasteiger partial charge in [0.2, 0.25) is 0 Å². The van der Waals surface area contributed by atoms with E-state index >= 15 is 0 Å². The first-order valence-corrected chi connectivity index (χ1v) is 7.65. The van der Waals surface area contributed by atoms with Gasteiger partial charge in [-0.3, -0.25) is 0 Å². The van der Waals surface area contributed by atoms with Crippen molar-refractivity contribution in [3.8, 4) is 0 Å². The summed E-state index contributed by atoms with van der Waals surface area (Å²) < 4.78 is 11.3. The largest absolute Gasteiger partial charge is 0.394 e. The Kier molecular flexibility index (Phi) is 7.91. The van der Waals surface area contributed by atoms with E-state index in [1.165, 1.54) is 0 Å². The molecule has 4 nitrogen and oxygen atoms in total. The van der Waals surface area contributed by atoms with Crippen molar-refractivity contribution in [3.63, 3.8) is 0 Å². The van der Waals surface area contributed by atoms with E-state index in [1.54, 1.807) is 0 Å². The number of hydrogen-bond acceptors (Lipinski definition) is 4. The van der Waals surface area contributed by atoms with Gasteiger partial charge in [-0.1, -0.05) is 6.92 Å². The zero-order valence-electron chi connectivity index (χ0n) is 12.8. The van der Waals surface area contributed by atoms with Crippen molar-refractivity contribution in [1.82, 2.24) is 5.32 Å². The van der Waals surface area contributed by atoms with E-state index in [0.717, 1.165) is 52.0 Å². The van der Waals surface area contributed by atoms with Gasteiger partial charge in [0.15, 0.2) is 0 Å². The summed E-state index contributed by atoms with van der Waals surface area (Å²) in [5, 5.41) is 13.0. The topological polar surface area (TPSA) is 50.7 Å². The van der Waals surface area contributed by atoms with Crippen LogP contribution in [0.5, 0.6) is 0 Å². The van der Waals surface area contributed by atoms with Gasteiger partial charge in [0, 0.05) is 25.4 Å². The number of aliphatic hydroxyl groups is 1. The van der Waals surface area contributed by atoms with E-state index in [4.69, 9.17) is 9.47 Å². The first kappa shape index (κ1) is 16.9. The van der Waals surface area contributed by atoms with Gasteiger partial charge in [0.25, 0.3) is 0 Å². The Labute approximate surface area is 117 Å². The van der Waals surface area contributed by atoms with Crippen LogP contribution in [0.4, 0.5) is 0 Å². The van der Waals surface area contributed by atoms with Crippen LogP contribution in [0.25, 0.3) is 0 Å². The van der Waals surface area contributed by atoms with E-state index in [2.05, 4.69) is 26.1 Å². The van der Waals surface area contributed by atoms with Crippen molar-refractivity contribution < 1.29 is 14.6 Å². The molecule has 1 saturated heterocycles. The molecule has 114 valence electrons. The predicted octanol–water partition coefficient (Wildman–Crippen LogP) is 1.96. The standard InChI is InChI=1S/C15H31NO3/c1-4-7-16-15(3,12-17)10-13(2)19-11-14-5-8-18-9-6-14/h13-14,16-17H,4-12H2,1-3H3. The van der Waals surface area contributed by atoms with Crippen molar-refractivity contribution in [2.45, 2.75) is 58.1 Å². The average molecular weight is 273 g/mol. The Morgan fingerprint density at radius 2 is 2.11 bits per heavy atom.